The number of halogens is 2. The number of carboxylic acid groups (broad SMARTS) is 1. The monoisotopic (exact) mass is 720 g/mol. The molecule has 0 bridgehead atoms. The van der Waals surface area contributed by atoms with Crippen LogP contribution < -0.4 is 21.7 Å². The Labute approximate surface area is 289 Å². The molecule has 3 aromatic carbocycles. The Morgan fingerprint density at radius 2 is 1.62 bits per heavy atom. The number of carbonyl (C=O) groups excluding carboxylic acids is 2. The summed E-state index contributed by atoms with van der Waals surface area (Å²) in [6, 6.07) is 18.4. The van der Waals surface area contributed by atoms with Gasteiger partial charge in [-0.2, -0.15) is 0 Å². The van der Waals surface area contributed by atoms with Crippen LogP contribution in [0.2, 0.25) is 10.0 Å². The van der Waals surface area contributed by atoms with Crippen molar-refractivity contribution >= 4 is 56.8 Å². The lowest BCUT2D eigenvalue weighted by atomic mass is 10.1. The van der Waals surface area contributed by atoms with Gasteiger partial charge in [0.15, 0.2) is 15.7 Å². The molecule has 3 amide bonds. The van der Waals surface area contributed by atoms with Gasteiger partial charge in [-0.25, -0.2) is 13.2 Å². The molecule has 0 radical (unpaired) electrons. The summed E-state index contributed by atoms with van der Waals surface area (Å²) in [6.07, 6.45) is -0.152. The van der Waals surface area contributed by atoms with Crippen LogP contribution in [0.5, 0.6) is 0 Å². The van der Waals surface area contributed by atoms with Gasteiger partial charge in [-0.3, -0.25) is 14.9 Å². The van der Waals surface area contributed by atoms with Gasteiger partial charge in [-0.05, 0) is 48.6 Å². The number of nitrogens with one attached hydrogen (secondary N) is 3. The van der Waals surface area contributed by atoms with Crippen molar-refractivity contribution in [1.29, 1.82) is 0 Å². The lowest BCUT2D eigenvalue weighted by Crippen LogP contribution is -2.46. The minimum Gasteiger partial charge on any atom is -0.465 e. The topological polar surface area (TPSA) is 204 Å². The summed E-state index contributed by atoms with van der Waals surface area (Å²) in [7, 11) is -4.10. The molecular weight excluding hydrogens is 683 g/mol. The summed E-state index contributed by atoms with van der Waals surface area (Å²) >= 11 is 12.5. The molecule has 48 heavy (non-hydrogen) atoms. The van der Waals surface area contributed by atoms with Crippen LogP contribution in [0.15, 0.2) is 76.8 Å². The van der Waals surface area contributed by atoms with Crippen molar-refractivity contribution in [3.05, 3.63) is 99.0 Å². The molecule has 13 nitrogen and oxygen atoms in total. The van der Waals surface area contributed by atoms with Crippen LogP contribution in [-0.4, -0.2) is 78.9 Å². The number of benzene rings is 3. The van der Waals surface area contributed by atoms with Crippen LogP contribution in [0.1, 0.15) is 35.1 Å². The molecule has 3 rings (SSSR count). The van der Waals surface area contributed by atoms with Gasteiger partial charge in [0.25, 0.3) is 0 Å². The second-order valence-electron chi connectivity index (χ2n) is 10.8. The predicted molar refractivity (Wildman–Crippen MR) is 183 cm³/mol. The van der Waals surface area contributed by atoms with E-state index in [1.165, 1.54) is 17.0 Å². The number of unbranched alkanes of at least 4 members (excludes halogenated alkanes) is 1. The average molecular weight is 722 g/mol. The van der Waals surface area contributed by atoms with Crippen molar-refractivity contribution in [3.8, 4) is 0 Å². The lowest BCUT2D eigenvalue weighted by molar-refractivity contribution is -0.133. The first-order valence-corrected chi connectivity index (χ1v) is 17.2. The largest absolute Gasteiger partial charge is 0.465 e. The van der Waals surface area contributed by atoms with Gasteiger partial charge < -0.3 is 31.6 Å². The SMILES string of the molecule is Cc1c(Cl)ccc(S(=O)(=O)C(Cc2ccccc2)NCC(=O)NCC(=O)N(CCCCNC(=O)O)Cc2ccc(C(N)=NO)cc2)c1Cl. The maximum Gasteiger partial charge on any atom is 0.404 e. The van der Waals surface area contributed by atoms with Crippen molar-refractivity contribution in [3.63, 3.8) is 0 Å². The van der Waals surface area contributed by atoms with E-state index in [2.05, 4.69) is 21.1 Å². The molecule has 0 aliphatic heterocycles. The Kier molecular flexibility index (Phi) is 14.5. The molecule has 7 N–H and O–H groups in total. The number of carbonyl (C=O) groups is 3. The highest BCUT2D eigenvalue weighted by Crippen LogP contribution is 2.32. The highest BCUT2D eigenvalue weighted by molar-refractivity contribution is 7.92. The molecule has 0 heterocycles. The van der Waals surface area contributed by atoms with Crippen molar-refractivity contribution in [1.82, 2.24) is 20.9 Å². The second-order valence-corrected chi connectivity index (χ2v) is 13.7. The molecule has 1 unspecified atom stereocenters. The quantitative estimate of drug-likeness (QED) is 0.0396. The van der Waals surface area contributed by atoms with Crippen molar-refractivity contribution in [2.24, 2.45) is 10.9 Å². The predicted octanol–water partition coefficient (Wildman–Crippen LogP) is 3.52. The van der Waals surface area contributed by atoms with E-state index in [1.54, 1.807) is 61.5 Å². The van der Waals surface area contributed by atoms with E-state index < -0.39 is 39.7 Å². The van der Waals surface area contributed by atoms with Gasteiger partial charge in [-0.1, -0.05) is 83.0 Å². The summed E-state index contributed by atoms with van der Waals surface area (Å²) < 4.78 is 27.6. The number of amides is 3. The van der Waals surface area contributed by atoms with Gasteiger partial charge in [0.05, 0.1) is 23.0 Å². The zero-order valence-electron chi connectivity index (χ0n) is 26.2. The highest BCUT2D eigenvalue weighted by Gasteiger charge is 2.31. The number of oxime groups is 1. The van der Waals surface area contributed by atoms with Gasteiger partial charge in [0, 0.05) is 36.6 Å². The van der Waals surface area contributed by atoms with Crippen LogP contribution in [0.4, 0.5) is 4.79 Å². The van der Waals surface area contributed by atoms with Crippen molar-refractivity contribution in [2.75, 3.05) is 26.2 Å². The van der Waals surface area contributed by atoms with Gasteiger partial charge in [0.2, 0.25) is 11.8 Å². The average Bonchev–Trinajstić information content (AvgIpc) is 3.07. The lowest BCUT2D eigenvalue weighted by Gasteiger charge is -2.24. The van der Waals surface area contributed by atoms with Gasteiger partial charge >= 0.3 is 6.09 Å². The number of amidine groups is 1. The van der Waals surface area contributed by atoms with Crippen molar-refractivity contribution < 1.29 is 33.1 Å². The molecule has 0 aromatic heterocycles. The molecule has 3 aromatic rings. The van der Waals surface area contributed by atoms with E-state index in [9.17, 15) is 22.8 Å². The third-order valence-corrected chi connectivity index (χ3v) is 10.4. The summed E-state index contributed by atoms with van der Waals surface area (Å²) in [5.41, 5.74) is 7.98. The Bertz CT molecular complexity index is 1710. The number of sulfone groups is 1. The Balaban J connectivity index is 1.69. The zero-order chi connectivity index (χ0) is 35.3. The molecule has 1 atom stereocenters. The molecule has 0 spiro atoms. The number of nitrogens with zero attached hydrogens (tertiary/aromatic N) is 2. The van der Waals surface area contributed by atoms with Crippen LogP contribution in [0.25, 0.3) is 0 Å². The Morgan fingerprint density at radius 1 is 0.938 bits per heavy atom. The summed E-state index contributed by atoms with van der Waals surface area (Å²) in [6.45, 7) is 1.49. The smallest absolute Gasteiger partial charge is 0.404 e. The van der Waals surface area contributed by atoms with E-state index in [1.807, 2.05) is 0 Å². The first-order valence-electron chi connectivity index (χ1n) is 14.9. The summed E-state index contributed by atoms with van der Waals surface area (Å²) in [5, 5.41) is 27.4. The first kappa shape index (κ1) is 38.1. The molecular formula is C32H38Cl2N6O7S. The number of hydrogen-bond acceptors (Lipinski definition) is 8. The minimum absolute atomic E-state index is 0.00382. The van der Waals surface area contributed by atoms with Crippen LogP contribution >= 0.6 is 23.2 Å². The fraction of sp³-hybridized carbons (Fsp3) is 0.312. The van der Waals surface area contributed by atoms with Gasteiger partial charge in [0.1, 0.15) is 5.37 Å². The number of hydrogen-bond donors (Lipinski definition) is 6. The molecule has 0 saturated heterocycles. The molecule has 0 aliphatic carbocycles. The first-order chi connectivity index (χ1) is 22.8. The van der Waals surface area contributed by atoms with E-state index >= 15 is 0 Å². The third kappa shape index (κ3) is 11.1. The van der Waals surface area contributed by atoms with E-state index in [0.717, 1.165) is 5.56 Å². The Hall–Kier alpha value is -4.37. The minimum atomic E-state index is -4.10. The fourth-order valence-corrected chi connectivity index (χ4v) is 7.03. The fourth-order valence-electron chi connectivity index (χ4n) is 4.66. The third-order valence-electron chi connectivity index (χ3n) is 7.37. The molecule has 0 saturated carbocycles. The molecule has 258 valence electrons. The maximum absolute atomic E-state index is 13.8. The summed E-state index contributed by atoms with van der Waals surface area (Å²) in [4.78, 5) is 38.3. The van der Waals surface area contributed by atoms with Crippen LogP contribution in [0.3, 0.4) is 0 Å². The summed E-state index contributed by atoms with van der Waals surface area (Å²) in [5.74, 6) is -1.09. The van der Waals surface area contributed by atoms with Crippen LogP contribution in [0, 0.1) is 6.92 Å². The van der Waals surface area contributed by atoms with E-state index in [-0.39, 0.29) is 48.4 Å². The second kappa shape index (κ2) is 18.2. The molecule has 0 fully saturated rings. The maximum atomic E-state index is 13.8. The number of rotatable bonds is 17. The Morgan fingerprint density at radius 3 is 2.27 bits per heavy atom. The van der Waals surface area contributed by atoms with Crippen LogP contribution in [-0.2, 0) is 32.4 Å². The molecule has 0 aliphatic rings. The van der Waals surface area contributed by atoms with E-state index in [4.69, 9.17) is 39.2 Å². The normalized spacial score (nSPS) is 12.3. The van der Waals surface area contributed by atoms with Gasteiger partial charge in [-0.15, -0.1) is 0 Å². The van der Waals surface area contributed by atoms with E-state index in [0.29, 0.717) is 34.6 Å². The van der Waals surface area contributed by atoms with Crippen molar-refractivity contribution in [2.45, 2.75) is 43.0 Å². The molecule has 16 heteroatoms. The highest BCUT2D eigenvalue weighted by atomic mass is 35.5. The standard InChI is InChI=1S/C32H38Cl2N6O7S/c1-21-25(33)13-14-26(30(21)34)48(46,47)28(17-22-7-3-2-4-8-22)38-18-27(41)37-19-29(42)40(16-6-5-15-36-32(43)44)20-23-9-11-24(12-10-23)31(35)39-45/h2-4,7-14,28,36,38,45H,5-6,15-20H2,1H3,(H2,35,39)(H,37,41)(H,43,44). The number of nitrogens with two attached hydrogens (primary N) is 1. The zero-order valence-corrected chi connectivity index (χ0v) is 28.5.